The predicted octanol–water partition coefficient (Wildman–Crippen LogP) is 3.82. The molecule has 1 heterocycles. The van der Waals surface area contributed by atoms with Crippen LogP contribution in [-0.4, -0.2) is 15.9 Å². The first kappa shape index (κ1) is 16.2. The lowest BCUT2D eigenvalue weighted by atomic mass is 10.0. The van der Waals surface area contributed by atoms with Gasteiger partial charge in [-0.1, -0.05) is 61.7 Å². The van der Waals surface area contributed by atoms with Crippen LogP contribution in [0.3, 0.4) is 0 Å². The summed E-state index contributed by atoms with van der Waals surface area (Å²) in [5.41, 5.74) is 4.81. The van der Waals surface area contributed by atoms with Crippen molar-refractivity contribution in [1.82, 2.24) is 10.2 Å². The van der Waals surface area contributed by atoms with E-state index >= 15 is 0 Å². The van der Waals surface area contributed by atoms with Gasteiger partial charge >= 0.3 is 0 Å². The van der Waals surface area contributed by atoms with Crippen molar-refractivity contribution in [2.75, 3.05) is 5.43 Å². The molecule has 22 heavy (non-hydrogen) atoms. The highest BCUT2D eigenvalue weighted by Crippen LogP contribution is 2.16. The molecular formula is C16H19ClN4O. The van der Waals surface area contributed by atoms with Gasteiger partial charge in [0.2, 0.25) is 0 Å². The molecule has 0 aliphatic carbocycles. The maximum atomic E-state index is 11.4. The van der Waals surface area contributed by atoms with Crippen LogP contribution in [0.4, 0.5) is 5.69 Å². The molecule has 2 aromatic rings. The summed E-state index contributed by atoms with van der Waals surface area (Å²) < 4.78 is 0. The van der Waals surface area contributed by atoms with Gasteiger partial charge in [0.15, 0.2) is 0 Å². The number of halogens is 1. The van der Waals surface area contributed by atoms with Crippen molar-refractivity contribution in [2.45, 2.75) is 32.6 Å². The molecule has 2 N–H and O–H groups in total. The molecule has 5 nitrogen and oxygen atoms in total. The Labute approximate surface area is 134 Å². The van der Waals surface area contributed by atoms with Crippen LogP contribution in [0.25, 0.3) is 0 Å². The van der Waals surface area contributed by atoms with Crippen molar-refractivity contribution in [2.24, 2.45) is 5.10 Å². The van der Waals surface area contributed by atoms with E-state index in [4.69, 9.17) is 11.6 Å². The second kappa shape index (κ2) is 8.34. The number of benzene rings is 1. The van der Waals surface area contributed by atoms with Gasteiger partial charge in [-0.3, -0.25) is 10.2 Å². The lowest BCUT2D eigenvalue weighted by Crippen LogP contribution is -2.11. The van der Waals surface area contributed by atoms with Gasteiger partial charge in [0.1, 0.15) is 10.7 Å². The van der Waals surface area contributed by atoms with E-state index in [1.165, 1.54) is 6.20 Å². The Morgan fingerprint density at radius 2 is 2.09 bits per heavy atom. The molecule has 116 valence electrons. The van der Waals surface area contributed by atoms with Crippen molar-refractivity contribution in [3.63, 3.8) is 0 Å². The monoisotopic (exact) mass is 318 g/mol. The third-order valence-electron chi connectivity index (χ3n) is 3.23. The minimum atomic E-state index is -0.436. The van der Waals surface area contributed by atoms with Crippen molar-refractivity contribution < 1.29 is 0 Å². The number of anilines is 1. The van der Waals surface area contributed by atoms with Crippen LogP contribution in [0, 0.1) is 0 Å². The quantitative estimate of drug-likeness (QED) is 0.463. The largest absolute Gasteiger partial charge is 0.285 e. The summed E-state index contributed by atoms with van der Waals surface area (Å²) in [6, 6.07) is 9.96. The lowest BCUT2D eigenvalue weighted by molar-refractivity contribution is 0.741. The number of nitrogens with one attached hydrogen (secondary N) is 2. The van der Waals surface area contributed by atoms with E-state index in [9.17, 15) is 4.79 Å². The summed E-state index contributed by atoms with van der Waals surface area (Å²) in [4.78, 5) is 11.4. The second-order valence-corrected chi connectivity index (χ2v) is 5.30. The minimum absolute atomic E-state index is 0.0553. The van der Waals surface area contributed by atoms with Crippen molar-refractivity contribution >= 4 is 23.0 Å². The Balaban J connectivity index is 2.20. The molecule has 0 bridgehead atoms. The topological polar surface area (TPSA) is 70.1 Å². The summed E-state index contributed by atoms with van der Waals surface area (Å²) >= 11 is 5.93. The van der Waals surface area contributed by atoms with Crippen LogP contribution in [0.5, 0.6) is 0 Å². The minimum Gasteiger partial charge on any atom is -0.275 e. The zero-order valence-electron chi connectivity index (χ0n) is 12.5. The number of hydrogen-bond donors (Lipinski definition) is 2. The molecule has 0 radical (unpaired) electrons. The van der Waals surface area contributed by atoms with Gasteiger partial charge in [-0.05, 0) is 18.4 Å². The molecule has 0 aliphatic heterocycles. The fourth-order valence-electron chi connectivity index (χ4n) is 2.03. The average molecular weight is 319 g/mol. The smallest absolute Gasteiger partial charge is 0.275 e. The van der Waals surface area contributed by atoms with E-state index in [-0.39, 0.29) is 5.02 Å². The molecular weight excluding hydrogens is 300 g/mol. The highest BCUT2D eigenvalue weighted by Gasteiger charge is 2.06. The molecule has 0 atom stereocenters. The maximum Gasteiger partial charge on any atom is 0.285 e. The number of hydrazone groups is 1. The normalized spacial score (nSPS) is 11.5. The molecule has 0 unspecified atom stereocenters. The Morgan fingerprint density at radius 1 is 1.32 bits per heavy atom. The molecule has 1 aromatic heterocycles. The Morgan fingerprint density at radius 3 is 2.82 bits per heavy atom. The number of aromatic amines is 1. The molecule has 2 rings (SSSR count). The summed E-state index contributed by atoms with van der Waals surface area (Å²) in [6.45, 7) is 2.17. The van der Waals surface area contributed by atoms with E-state index < -0.39 is 5.56 Å². The van der Waals surface area contributed by atoms with E-state index in [2.05, 4.69) is 27.6 Å². The third kappa shape index (κ3) is 4.43. The molecule has 0 amide bonds. The van der Waals surface area contributed by atoms with Crippen LogP contribution in [0.1, 0.15) is 38.2 Å². The van der Waals surface area contributed by atoms with Gasteiger partial charge in [-0.15, -0.1) is 0 Å². The first-order valence-corrected chi connectivity index (χ1v) is 7.71. The average Bonchev–Trinajstić information content (AvgIpc) is 2.55. The van der Waals surface area contributed by atoms with Gasteiger partial charge in [-0.25, -0.2) is 5.10 Å². The maximum absolute atomic E-state index is 11.4. The number of nitrogens with zero attached hydrogens (tertiary/aromatic N) is 2. The number of hydrogen-bond acceptors (Lipinski definition) is 4. The van der Waals surface area contributed by atoms with Crippen molar-refractivity contribution in [3.05, 3.63) is 57.5 Å². The third-order valence-corrected chi connectivity index (χ3v) is 3.61. The molecule has 1 aromatic carbocycles. The van der Waals surface area contributed by atoms with Gasteiger partial charge < -0.3 is 0 Å². The zero-order chi connectivity index (χ0) is 15.8. The molecule has 0 spiro atoms. The first-order valence-electron chi connectivity index (χ1n) is 7.33. The number of aromatic nitrogens is 2. The predicted molar refractivity (Wildman–Crippen MR) is 90.6 cm³/mol. The van der Waals surface area contributed by atoms with Crippen LogP contribution in [0.2, 0.25) is 5.02 Å². The number of unbranched alkanes of at least 4 members (excludes halogenated alkanes) is 2. The van der Waals surface area contributed by atoms with Crippen LogP contribution in [0.15, 0.2) is 46.4 Å². The van der Waals surface area contributed by atoms with Gasteiger partial charge in [-0.2, -0.15) is 10.2 Å². The molecule has 0 saturated carbocycles. The Kier molecular flexibility index (Phi) is 6.15. The van der Waals surface area contributed by atoms with Gasteiger partial charge in [0.05, 0.1) is 11.9 Å². The molecule has 0 fully saturated rings. The number of H-pyrrole nitrogens is 1. The fourth-order valence-corrected chi connectivity index (χ4v) is 2.16. The molecule has 0 saturated heterocycles. The molecule has 0 aliphatic rings. The highest BCUT2D eigenvalue weighted by atomic mass is 35.5. The van der Waals surface area contributed by atoms with Crippen molar-refractivity contribution in [1.29, 1.82) is 0 Å². The first-order chi connectivity index (χ1) is 10.7. The highest BCUT2D eigenvalue weighted by molar-refractivity contribution is 6.32. The van der Waals surface area contributed by atoms with E-state index in [0.717, 1.165) is 37.0 Å². The zero-order valence-corrected chi connectivity index (χ0v) is 13.2. The fraction of sp³-hybridized carbons (Fsp3) is 0.312. The second-order valence-electron chi connectivity index (χ2n) is 4.92. The van der Waals surface area contributed by atoms with E-state index in [0.29, 0.717) is 5.69 Å². The Bertz CT molecular complexity index is 682. The van der Waals surface area contributed by atoms with Crippen LogP contribution >= 0.6 is 11.6 Å². The Hall–Kier alpha value is -2.14. The summed E-state index contributed by atoms with van der Waals surface area (Å²) in [5, 5.41) is 10.5. The summed E-state index contributed by atoms with van der Waals surface area (Å²) in [5.74, 6) is 0. The summed E-state index contributed by atoms with van der Waals surface area (Å²) in [6.07, 6.45) is 5.67. The van der Waals surface area contributed by atoms with Crippen molar-refractivity contribution in [3.8, 4) is 0 Å². The van der Waals surface area contributed by atoms with E-state index in [1.54, 1.807) is 0 Å². The summed E-state index contributed by atoms with van der Waals surface area (Å²) in [7, 11) is 0. The van der Waals surface area contributed by atoms with E-state index in [1.807, 2.05) is 30.3 Å². The van der Waals surface area contributed by atoms with Gasteiger partial charge in [0, 0.05) is 0 Å². The van der Waals surface area contributed by atoms with Crippen LogP contribution < -0.4 is 11.0 Å². The SMILES string of the molecule is CCCCCC(=NNc1cn[nH]c(=O)c1Cl)c1ccccc1. The lowest BCUT2D eigenvalue weighted by Gasteiger charge is -2.08. The van der Waals surface area contributed by atoms with Crippen LogP contribution in [-0.2, 0) is 0 Å². The van der Waals surface area contributed by atoms with Gasteiger partial charge in [0.25, 0.3) is 5.56 Å². The standard InChI is InChI=1S/C16H19ClN4O/c1-2-3-5-10-13(12-8-6-4-7-9-12)19-20-14-11-18-21-16(22)15(14)17/h4,6-9,11H,2-3,5,10H2,1H3,(H2,20,21,22). The number of rotatable bonds is 7. The molecule has 6 heteroatoms.